The van der Waals surface area contributed by atoms with Crippen LogP contribution < -0.4 is 0 Å². The van der Waals surface area contributed by atoms with Gasteiger partial charge in [-0.15, -0.1) is 0 Å². The van der Waals surface area contributed by atoms with Crippen molar-refractivity contribution >= 4 is 40.7 Å². The molecule has 2 aromatic carbocycles. The lowest BCUT2D eigenvalue weighted by atomic mass is 9.98. The molecule has 0 saturated carbocycles. The molecule has 1 fully saturated rings. The molecule has 5 nitrogen and oxygen atoms in total. The van der Waals surface area contributed by atoms with Gasteiger partial charge in [0.2, 0.25) is 11.7 Å². The predicted octanol–water partition coefficient (Wildman–Crippen LogP) is 4.94. The number of hydrogen-bond donors (Lipinski definition) is 0. The topological polar surface area (TPSA) is 59.2 Å². The van der Waals surface area contributed by atoms with Gasteiger partial charge in [0, 0.05) is 28.7 Å². The van der Waals surface area contributed by atoms with Crippen LogP contribution >= 0.6 is 34.8 Å². The van der Waals surface area contributed by atoms with E-state index in [9.17, 15) is 4.79 Å². The zero-order valence-electron chi connectivity index (χ0n) is 13.3. The second-order valence-electron chi connectivity index (χ2n) is 6.00. The number of amides is 1. The predicted molar refractivity (Wildman–Crippen MR) is 99.9 cm³/mol. The Balaban J connectivity index is 1.45. The van der Waals surface area contributed by atoms with E-state index in [1.807, 2.05) is 12.1 Å². The van der Waals surface area contributed by atoms with Gasteiger partial charge in [-0.1, -0.05) is 52.1 Å². The van der Waals surface area contributed by atoms with Crippen LogP contribution in [0.25, 0.3) is 11.4 Å². The van der Waals surface area contributed by atoms with E-state index in [-0.39, 0.29) is 11.8 Å². The van der Waals surface area contributed by atoms with Gasteiger partial charge in [-0.25, -0.2) is 0 Å². The molecule has 1 aliphatic rings. The molecule has 1 aliphatic heterocycles. The van der Waals surface area contributed by atoms with Gasteiger partial charge in [0.25, 0.3) is 5.91 Å². The number of nitrogens with zero attached hydrogens (tertiary/aromatic N) is 3. The van der Waals surface area contributed by atoms with Gasteiger partial charge in [0.15, 0.2) is 0 Å². The van der Waals surface area contributed by atoms with Crippen molar-refractivity contribution in [3.05, 3.63) is 69.0 Å². The molecule has 0 radical (unpaired) electrons. The quantitative estimate of drug-likeness (QED) is 0.616. The molecule has 4 rings (SSSR count). The third kappa shape index (κ3) is 3.30. The minimum absolute atomic E-state index is 0.00246. The van der Waals surface area contributed by atoms with Crippen LogP contribution in [0.4, 0.5) is 0 Å². The Bertz CT molecular complexity index is 983. The largest absolute Gasteiger partial charge is 0.339 e. The van der Waals surface area contributed by atoms with Gasteiger partial charge in [0.1, 0.15) is 0 Å². The minimum Gasteiger partial charge on any atom is -0.339 e. The summed E-state index contributed by atoms with van der Waals surface area (Å²) in [5.74, 6) is 0.812. The molecule has 1 saturated heterocycles. The van der Waals surface area contributed by atoms with Crippen molar-refractivity contribution in [2.24, 2.45) is 0 Å². The molecule has 132 valence electrons. The molecule has 1 aromatic heterocycles. The Morgan fingerprint density at radius 3 is 2.62 bits per heavy atom. The van der Waals surface area contributed by atoms with Crippen LogP contribution in [-0.2, 0) is 0 Å². The van der Waals surface area contributed by atoms with Crippen molar-refractivity contribution in [3.63, 3.8) is 0 Å². The Hall–Kier alpha value is -2.08. The molecule has 0 unspecified atom stereocenters. The normalized spacial score (nSPS) is 14.3. The molecule has 3 aromatic rings. The van der Waals surface area contributed by atoms with Crippen LogP contribution in [-0.4, -0.2) is 34.0 Å². The van der Waals surface area contributed by atoms with E-state index in [1.165, 1.54) is 0 Å². The summed E-state index contributed by atoms with van der Waals surface area (Å²) in [6.07, 6.45) is 0. The van der Waals surface area contributed by atoms with Crippen LogP contribution in [0.1, 0.15) is 22.2 Å². The van der Waals surface area contributed by atoms with Gasteiger partial charge in [-0.2, -0.15) is 4.98 Å². The number of halogens is 3. The van der Waals surface area contributed by atoms with E-state index >= 15 is 0 Å². The Kier molecular flexibility index (Phi) is 4.61. The van der Waals surface area contributed by atoms with Crippen molar-refractivity contribution in [1.29, 1.82) is 0 Å². The molecule has 26 heavy (non-hydrogen) atoms. The van der Waals surface area contributed by atoms with E-state index in [1.54, 1.807) is 35.2 Å². The van der Waals surface area contributed by atoms with Crippen molar-refractivity contribution in [2.45, 2.75) is 5.92 Å². The number of aromatic nitrogens is 2. The summed E-state index contributed by atoms with van der Waals surface area (Å²) in [7, 11) is 0. The van der Waals surface area contributed by atoms with Crippen LogP contribution in [0.15, 0.2) is 47.0 Å². The third-order valence-electron chi connectivity index (χ3n) is 4.20. The zero-order chi connectivity index (χ0) is 18.3. The summed E-state index contributed by atoms with van der Waals surface area (Å²) in [6.45, 7) is 0.970. The van der Waals surface area contributed by atoms with E-state index < -0.39 is 0 Å². The molecule has 0 bridgehead atoms. The van der Waals surface area contributed by atoms with Crippen molar-refractivity contribution in [1.82, 2.24) is 15.0 Å². The molecule has 1 amide bonds. The van der Waals surface area contributed by atoms with Gasteiger partial charge in [-0.3, -0.25) is 4.79 Å². The number of likely N-dealkylation sites (tertiary alicyclic amines) is 1. The second-order valence-corrected chi connectivity index (χ2v) is 7.28. The molecule has 2 heterocycles. The van der Waals surface area contributed by atoms with Crippen LogP contribution in [0.5, 0.6) is 0 Å². The Morgan fingerprint density at radius 1 is 1.08 bits per heavy atom. The number of carbonyl (C=O) groups is 1. The van der Waals surface area contributed by atoms with Crippen molar-refractivity contribution in [3.8, 4) is 11.4 Å². The van der Waals surface area contributed by atoms with E-state index in [0.29, 0.717) is 45.4 Å². The molecule has 0 aliphatic carbocycles. The highest BCUT2D eigenvalue weighted by Crippen LogP contribution is 2.31. The first-order valence-corrected chi connectivity index (χ1v) is 8.98. The summed E-state index contributed by atoms with van der Waals surface area (Å²) in [4.78, 5) is 18.6. The molecule has 0 N–H and O–H groups in total. The first-order valence-electron chi connectivity index (χ1n) is 7.85. The lowest BCUT2D eigenvalue weighted by molar-refractivity contribution is 0.0569. The number of benzene rings is 2. The highest BCUT2D eigenvalue weighted by atomic mass is 35.5. The van der Waals surface area contributed by atoms with Crippen LogP contribution in [0.3, 0.4) is 0 Å². The molecule has 8 heteroatoms. The highest BCUT2D eigenvalue weighted by Gasteiger charge is 2.36. The average Bonchev–Trinajstić information content (AvgIpc) is 3.05. The maximum absolute atomic E-state index is 12.5. The molecule has 0 spiro atoms. The fraction of sp³-hybridized carbons (Fsp3) is 0.167. The average molecular weight is 409 g/mol. The van der Waals surface area contributed by atoms with Crippen LogP contribution in [0.2, 0.25) is 15.1 Å². The van der Waals surface area contributed by atoms with Gasteiger partial charge in [0.05, 0.1) is 16.5 Å². The van der Waals surface area contributed by atoms with E-state index in [0.717, 1.165) is 5.56 Å². The maximum atomic E-state index is 12.5. The standard InChI is InChI=1S/C18H12Cl3N3O2/c19-12-3-1-2-10(6-12)16-22-17(26-23-16)11-8-24(9-11)18(25)14-7-13(20)4-5-15(14)21/h1-7,11H,8-9H2. The lowest BCUT2D eigenvalue weighted by Gasteiger charge is -2.37. The van der Waals surface area contributed by atoms with Crippen molar-refractivity contribution < 1.29 is 9.32 Å². The Morgan fingerprint density at radius 2 is 1.85 bits per heavy atom. The zero-order valence-corrected chi connectivity index (χ0v) is 15.6. The maximum Gasteiger partial charge on any atom is 0.255 e. The fourth-order valence-electron chi connectivity index (χ4n) is 2.78. The van der Waals surface area contributed by atoms with Crippen LogP contribution in [0, 0.1) is 0 Å². The monoisotopic (exact) mass is 407 g/mol. The van der Waals surface area contributed by atoms with E-state index in [4.69, 9.17) is 39.3 Å². The summed E-state index contributed by atoms with van der Waals surface area (Å²) < 4.78 is 5.35. The highest BCUT2D eigenvalue weighted by molar-refractivity contribution is 6.35. The molecular formula is C18H12Cl3N3O2. The third-order valence-corrected chi connectivity index (χ3v) is 5.00. The number of rotatable bonds is 3. The molecular weight excluding hydrogens is 397 g/mol. The van der Waals surface area contributed by atoms with Gasteiger partial charge in [-0.05, 0) is 30.3 Å². The summed E-state index contributed by atoms with van der Waals surface area (Å²) in [5.41, 5.74) is 1.17. The summed E-state index contributed by atoms with van der Waals surface area (Å²) >= 11 is 18.0. The number of hydrogen-bond acceptors (Lipinski definition) is 4. The Labute approximate surface area is 164 Å². The SMILES string of the molecule is O=C(c1cc(Cl)ccc1Cl)N1CC(c2nc(-c3cccc(Cl)c3)no2)C1. The minimum atomic E-state index is -0.164. The van der Waals surface area contributed by atoms with Crippen molar-refractivity contribution in [2.75, 3.05) is 13.1 Å². The first-order chi connectivity index (χ1) is 12.5. The summed E-state index contributed by atoms with van der Waals surface area (Å²) in [6, 6.07) is 12.1. The smallest absolute Gasteiger partial charge is 0.255 e. The second kappa shape index (κ2) is 6.91. The van der Waals surface area contributed by atoms with E-state index in [2.05, 4.69) is 10.1 Å². The lowest BCUT2D eigenvalue weighted by Crippen LogP contribution is -2.48. The molecule has 0 atom stereocenters. The van der Waals surface area contributed by atoms with Gasteiger partial charge < -0.3 is 9.42 Å². The number of carbonyl (C=O) groups excluding carboxylic acids is 1. The van der Waals surface area contributed by atoms with Gasteiger partial charge >= 0.3 is 0 Å². The summed E-state index contributed by atoms with van der Waals surface area (Å²) in [5, 5.41) is 5.45. The first kappa shape index (κ1) is 17.3. The fourth-order valence-corrected chi connectivity index (χ4v) is 3.34.